The van der Waals surface area contributed by atoms with Crippen LogP contribution in [0, 0.1) is 0 Å². The van der Waals surface area contributed by atoms with Crippen molar-refractivity contribution in [1.82, 2.24) is 10.2 Å². The number of benzene rings is 2. The van der Waals surface area contributed by atoms with E-state index in [1.54, 1.807) is 18.2 Å². The minimum absolute atomic E-state index is 0.113. The number of nitrogens with zero attached hydrogens (tertiary/aromatic N) is 2. The van der Waals surface area contributed by atoms with Crippen molar-refractivity contribution in [2.75, 3.05) is 56.6 Å². The SMILES string of the molecule is CS(=O)(=O)N(CCCC(=O)NCc1ccc(CN2CCOCC2)cc1)c1ccc2c(c1)OCCO2. The van der Waals surface area contributed by atoms with Gasteiger partial charge in [0.2, 0.25) is 15.9 Å². The average Bonchev–Trinajstić information content (AvgIpc) is 2.86. The number of hydrogen-bond donors (Lipinski definition) is 1. The van der Waals surface area contributed by atoms with Gasteiger partial charge >= 0.3 is 0 Å². The summed E-state index contributed by atoms with van der Waals surface area (Å²) in [5.74, 6) is 1.01. The molecule has 1 saturated heterocycles. The van der Waals surface area contributed by atoms with Crippen LogP contribution in [0.1, 0.15) is 24.0 Å². The number of rotatable bonds is 10. The highest BCUT2D eigenvalue weighted by atomic mass is 32.2. The van der Waals surface area contributed by atoms with Crippen LogP contribution in [0.3, 0.4) is 0 Å². The Morgan fingerprint density at radius 3 is 2.37 bits per heavy atom. The van der Waals surface area contributed by atoms with E-state index >= 15 is 0 Å². The number of ether oxygens (including phenoxy) is 3. The van der Waals surface area contributed by atoms with Crippen molar-refractivity contribution in [3.8, 4) is 11.5 Å². The topological polar surface area (TPSA) is 97.4 Å². The van der Waals surface area contributed by atoms with Gasteiger partial charge in [-0.3, -0.25) is 14.0 Å². The molecule has 190 valence electrons. The summed E-state index contributed by atoms with van der Waals surface area (Å²) in [7, 11) is -3.52. The fourth-order valence-corrected chi connectivity index (χ4v) is 5.08. The fraction of sp³-hybridized carbons (Fsp3) is 0.480. The van der Waals surface area contributed by atoms with Crippen LogP contribution in [0.4, 0.5) is 5.69 Å². The average molecular weight is 504 g/mol. The lowest BCUT2D eigenvalue weighted by Gasteiger charge is -2.26. The molecule has 0 radical (unpaired) electrons. The number of carbonyl (C=O) groups is 1. The fourth-order valence-electron chi connectivity index (χ4n) is 4.13. The van der Waals surface area contributed by atoms with E-state index in [9.17, 15) is 13.2 Å². The number of fused-ring (bicyclic) bond motifs is 1. The normalized spacial score (nSPS) is 16.0. The highest BCUT2D eigenvalue weighted by molar-refractivity contribution is 7.92. The van der Waals surface area contributed by atoms with Gasteiger partial charge in [0.05, 0.1) is 25.2 Å². The van der Waals surface area contributed by atoms with E-state index < -0.39 is 10.0 Å². The van der Waals surface area contributed by atoms with Crippen LogP contribution in [0.2, 0.25) is 0 Å². The molecular formula is C25H33N3O6S. The van der Waals surface area contributed by atoms with E-state index in [4.69, 9.17) is 14.2 Å². The number of morpholine rings is 1. The van der Waals surface area contributed by atoms with E-state index in [0.29, 0.717) is 43.4 Å². The summed E-state index contributed by atoms with van der Waals surface area (Å²) in [4.78, 5) is 14.7. The maximum atomic E-state index is 12.4. The van der Waals surface area contributed by atoms with Gasteiger partial charge < -0.3 is 19.5 Å². The second kappa shape index (κ2) is 11.7. The molecule has 10 heteroatoms. The predicted octanol–water partition coefficient (Wildman–Crippen LogP) is 2.15. The van der Waals surface area contributed by atoms with Gasteiger partial charge in [0.1, 0.15) is 13.2 Å². The first kappa shape index (κ1) is 25.3. The Bertz CT molecular complexity index is 1100. The Balaban J connectivity index is 1.24. The number of hydrogen-bond acceptors (Lipinski definition) is 7. The Morgan fingerprint density at radius 1 is 0.971 bits per heavy atom. The minimum atomic E-state index is -3.52. The molecule has 2 heterocycles. The Hall–Kier alpha value is -2.82. The molecule has 4 rings (SSSR count). The highest BCUT2D eigenvalue weighted by Crippen LogP contribution is 2.34. The van der Waals surface area contributed by atoms with Crippen LogP contribution in [0.5, 0.6) is 11.5 Å². The first-order valence-electron chi connectivity index (χ1n) is 11.9. The first-order valence-corrected chi connectivity index (χ1v) is 13.8. The zero-order valence-corrected chi connectivity index (χ0v) is 20.9. The summed E-state index contributed by atoms with van der Waals surface area (Å²) in [6, 6.07) is 13.3. The molecule has 2 aromatic carbocycles. The molecule has 0 unspecified atom stereocenters. The van der Waals surface area contributed by atoms with E-state index in [1.807, 2.05) is 12.1 Å². The number of sulfonamides is 1. The van der Waals surface area contributed by atoms with Gasteiger partial charge in [-0.1, -0.05) is 24.3 Å². The standard InChI is InChI=1S/C25H33N3O6S/c1-35(30,31)28(22-8-9-23-24(17-22)34-16-15-33-23)10-2-3-25(29)26-18-20-4-6-21(7-5-20)19-27-11-13-32-14-12-27/h4-9,17H,2-3,10-16,18-19H2,1H3,(H,26,29). The second-order valence-corrected chi connectivity index (χ2v) is 10.7. The van der Waals surface area contributed by atoms with Crippen molar-refractivity contribution < 1.29 is 27.4 Å². The zero-order chi connectivity index (χ0) is 24.7. The van der Waals surface area contributed by atoms with E-state index in [2.05, 4.69) is 22.3 Å². The molecule has 2 aliphatic rings. The number of nitrogens with one attached hydrogen (secondary N) is 1. The summed E-state index contributed by atoms with van der Waals surface area (Å²) in [6.07, 6.45) is 1.78. The summed E-state index contributed by atoms with van der Waals surface area (Å²) in [5, 5.41) is 2.92. The molecule has 0 saturated carbocycles. The van der Waals surface area contributed by atoms with E-state index in [1.165, 1.54) is 9.87 Å². The van der Waals surface area contributed by atoms with Crippen molar-refractivity contribution in [2.45, 2.75) is 25.9 Å². The number of amides is 1. The summed E-state index contributed by atoms with van der Waals surface area (Å²) in [6.45, 7) is 5.88. The molecule has 1 fully saturated rings. The van der Waals surface area contributed by atoms with E-state index in [0.717, 1.165) is 44.7 Å². The van der Waals surface area contributed by atoms with Gasteiger partial charge in [-0.05, 0) is 29.7 Å². The Kier molecular flexibility index (Phi) is 8.48. The van der Waals surface area contributed by atoms with Crippen LogP contribution in [-0.2, 0) is 32.6 Å². The van der Waals surface area contributed by atoms with Gasteiger partial charge in [-0.2, -0.15) is 0 Å². The summed E-state index contributed by atoms with van der Waals surface area (Å²) >= 11 is 0. The third-order valence-electron chi connectivity index (χ3n) is 6.00. The van der Waals surface area contributed by atoms with Crippen LogP contribution in [0.25, 0.3) is 0 Å². The second-order valence-electron chi connectivity index (χ2n) is 8.75. The van der Waals surface area contributed by atoms with Crippen LogP contribution < -0.4 is 19.1 Å². The molecule has 2 aliphatic heterocycles. The largest absolute Gasteiger partial charge is 0.486 e. The third-order valence-corrected chi connectivity index (χ3v) is 7.20. The van der Waals surface area contributed by atoms with Crippen LogP contribution >= 0.6 is 0 Å². The van der Waals surface area contributed by atoms with Crippen LogP contribution in [-0.4, -0.2) is 71.5 Å². The lowest BCUT2D eigenvalue weighted by Crippen LogP contribution is -2.35. The monoisotopic (exact) mass is 503 g/mol. The highest BCUT2D eigenvalue weighted by Gasteiger charge is 2.21. The van der Waals surface area contributed by atoms with Crippen molar-refractivity contribution >= 4 is 21.6 Å². The van der Waals surface area contributed by atoms with Gasteiger partial charge in [0.25, 0.3) is 0 Å². The molecular weight excluding hydrogens is 470 g/mol. The molecule has 35 heavy (non-hydrogen) atoms. The molecule has 0 atom stereocenters. The molecule has 2 aromatic rings. The van der Waals surface area contributed by atoms with Crippen molar-refractivity contribution in [2.24, 2.45) is 0 Å². The first-order chi connectivity index (χ1) is 16.9. The Labute approximate surface area is 207 Å². The molecule has 0 aromatic heterocycles. The lowest BCUT2D eigenvalue weighted by atomic mass is 10.1. The third kappa shape index (κ3) is 7.33. The van der Waals surface area contributed by atoms with E-state index in [-0.39, 0.29) is 18.9 Å². The molecule has 0 bridgehead atoms. The zero-order valence-electron chi connectivity index (χ0n) is 20.1. The maximum Gasteiger partial charge on any atom is 0.232 e. The minimum Gasteiger partial charge on any atom is -0.486 e. The molecule has 1 amide bonds. The predicted molar refractivity (Wildman–Crippen MR) is 133 cm³/mol. The molecule has 1 N–H and O–H groups in total. The smallest absolute Gasteiger partial charge is 0.232 e. The maximum absolute atomic E-state index is 12.4. The van der Waals surface area contributed by atoms with Gasteiger partial charge in [0.15, 0.2) is 11.5 Å². The molecule has 0 spiro atoms. The van der Waals surface area contributed by atoms with Gasteiger partial charge in [-0.15, -0.1) is 0 Å². The molecule has 0 aliphatic carbocycles. The summed E-state index contributed by atoms with van der Waals surface area (Å²) in [5.41, 5.74) is 2.76. The van der Waals surface area contributed by atoms with Gasteiger partial charge in [-0.25, -0.2) is 8.42 Å². The number of anilines is 1. The summed E-state index contributed by atoms with van der Waals surface area (Å²) < 4.78 is 42.5. The van der Waals surface area contributed by atoms with Crippen LogP contribution in [0.15, 0.2) is 42.5 Å². The van der Waals surface area contributed by atoms with Crippen molar-refractivity contribution in [1.29, 1.82) is 0 Å². The lowest BCUT2D eigenvalue weighted by molar-refractivity contribution is -0.121. The quantitative estimate of drug-likeness (QED) is 0.531. The van der Waals surface area contributed by atoms with Crippen molar-refractivity contribution in [3.63, 3.8) is 0 Å². The van der Waals surface area contributed by atoms with Crippen molar-refractivity contribution in [3.05, 3.63) is 53.6 Å². The number of carbonyl (C=O) groups excluding carboxylic acids is 1. The Morgan fingerprint density at radius 2 is 1.66 bits per heavy atom. The van der Waals surface area contributed by atoms with Gasteiger partial charge in [0, 0.05) is 45.2 Å². The molecule has 9 nitrogen and oxygen atoms in total.